The number of hydrogen-bond donors (Lipinski definition) is 1. The minimum absolute atomic E-state index is 0.0593. The molecular weight excluding hydrogens is 310 g/mol. The van der Waals surface area contributed by atoms with Crippen LogP contribution in [-0.4, -0.2) is 22.2 Å². The van der Waals surface area contributed by atoms with Crippen LogP contribution in [0.4, 0.5) is 0 Å². The maximum absolute atomic E-state index is 12.3. The molecule has 0 saturated heterocycles. The lowest BCUT2D eigenvalue weighted by Crippen LogP contribution is -2.26. The van der Waals surface area contributed by atoms with Crippen molar-refractivity contribution in [3.63, 3.8) is 0 Å². The second-order valence-electron chi connectivity index (χ2n) is 5.42. The van der Waals surface area contributed by atoms with Gasteiger partial charge >= 0.3 is 0 Å². The summed E-state index contributed by atoms with van der Waals surface area (Å²) < 4.78 is 7.13. The van der Waals surface area contributed by atoms with E-state index in [1.54, 1.807) is 22.3 Å². The van der Waals surface area contributed by atoms with Crippen LogP contribution in [0.5, 0.6) is 0 Å². The van der Waals surface area contributed by atoms with Gasteiger partial charge in [0.25, 0.3) is 5.91 Å². The summed E-state index contributed by atoms with van der Waals surface area (Å²) in [6, 6.07) is 7.96. The smallest absolute Gasteiger partial charge is 0.255 e. The average Bonchev–Trinajstić information content (AvgIpc) is 3.21. The predicted molar refractivity (Wildman–Crippen MR) is 90.7 cm³/mol. The van der Waals surface area contributed by atoms with Gasteiger partial charge in [0.2, 0.25) is 0 Å². The molecule has 3 rings (SSSR count). The number of furan rings is 1. The minimum atomic E-state index is -0.0593. The van der Waals surface area contributed by atoms with Crippen molar-refractivity contribution in [3.8, 4) is 10.6 Å². The number of hydrogen-bond acceptors (Lipinski definition) is 4. The van der Waals surface area contributed by atoms with Crippen molar-refractivity contribution in [2.24, 2.45) is 7.05 Å². The van der Waals surface area contributed by atoms with E-state index in [0.717, 1.165) is 28.4 Å². The highest BCUT2D eigenvalue weighted by atomic mass is 32.1. The van der Waals surface area contributed by atoms with E-state index in [4.69, 9.17) is 4.42 Å². The van der Waals surface area contributed by atoms with Crippen LogP contribution in [0, 0.1) is 13.8 Å². The zero-order valence-electron chi connectivity index (χ0n) is 13.4. The number of thiophene rings is 1. The first-order chi connectivity index (χ1) is 11.1. The van der Waals surface area contributed by atoms with E-state index < -0.39 is 0 Å². The standard InChI is InChI=1S/C17H19N3O2S/c1-11-16(12(2)20(3)19-11)17(21)18-9-8-13-6-7-15(23-13)14-5-4-10-22-14/h4-7,10H,8-9H2,1-3H3,(H,18,21). The molecule has 3 aromatic rings. The van der Waals surface area contributed by atoms with Crippen molar-refractivity contribution in [2.75, 3.05) is 6.54 Å². The third kappa shape index (κ3) is 3.22. The molecule has 23 heavy (non-hydrogen) atoms. The molecule has 0 fully saturated rings. The lowest BCUT2D eigenvalue weighted by Gasteiger charge is -2.04. The van der Waals surface area contributed by atoms with Crippen LogP contribution in [0.2, 0.25) is 0 Å². The van der Waals surface area contributed by atoms with Crippen molar-refractivity contribution in [1.29, 1.82) is 0 Å². The highest BCUT2D eigenvalue weighted by molar-refractivity contribution is 7.15. The summed E-state index contributed by atoms with van der Waals surface area (Å²) in [7, 11) is 1.85. The molecule has 0 aliphatic carbocycles. The average molecular weight is 329 g/mol. The molecule has 6 heteroatoms. The number of nitrogens with one attached hydrogen (secondary N) is 1. The van der Waals surface area contributed by atoms with Gasteiger partial charge < -0.3 is 9.73 Å². The highest BCUT2D eigenvalue weighted by Gasteiger charge is 2.16. The number of carbonyl (C=O) groups excluding carboxylic acids is 1. The Hall–Kier alpha value is -2.34. The van der Waals surface area contributed by atoms with E-state index >= 15 is 0 Å². The second-order valence-corrected chi connectivity index (χ2v) is 6.59. The third-order valence-electron chi connectivity index (χ3n) is 3.82. The summed E-state index contributed by atoms with van der Waals surface area (Å²) in [6.07, 6.45) is 2.48. The van der Waals surface area contributed by atoms with Gasteiger partial charge in [0.1, 0.15) is 5.76 Å². The van der Waals surface area contributed by atoms with Crippen LogP contribution >= 0.6 is 11.3 Å². The molecule has 1 N–H and O–H groups in total. The lowest BCUT2D eigenvalue weighted by atomic mass is 10.2. The first kappa shape index (κ1) is 15.6. The first-order valence-corrected chi connectivity index (χ1v) is 8.29. The third-order valence-corrected chi connectivity index (χ3v) is 4.98. The molecule has 0 aromatic carbocycles. The molecule has 0 spiro atoms. The van der Waals surface area contributed by atoms with Crippen molar-refractivity contribution >= 4 is 17.2 Å². The molecular formula is C17H19N3O2S. The Bertz CT molecular complexity index is 815. The Labute approximate surface area is 138 Å². The van der Waals surface area contributed by atoms with Gasteiger partial charge in [0, 0.05) is 24.2 Å². The van der Waals surface area contributed by atoms with Crippen LogP contribution in [0.25, 0.3) is 10.6 Å². The number of aromatic nitrogens is 2. The van der Waals surface area contributed by atoms with Gasteiger partial charge in [-0.15, -0.1) is 11.3 Å². The van der Waals surface area contributed by atoms with Crippen LogP contribution in [0.1, 0.15) is 26.6 Å². The molecule has 0 aliphatic rings. The van der Waals surface area contributed by atoms with Gasteiger partial charge in [-0.05, 0) is 44.5 Å². The summed E-state index contributed by atoms with van der Waals surface area (Å²) in [5.41, 5.74) is 2.32. The fourth-order valence-electron chi connectivity index (χ4n) is 2.55. The van der Waals surface area contributed by atoms with Crippen molar-refractivity contribution in [2.45, 2.75) is 20.3 Å². The maximum Gasteiger partial charge on any atom is 0.255 e. The van der Waals surface area contributed by atoms with Gasteiger partial charge in [-0.25, -0.2) is 0 Å². The van der Waals surface area contributed by atoms with Gasteiger partial charge in [-0.2, -0.15) is 5.10 Å². The molecule has 0 radical (unpaired) electrons. The van der Waals surface area contributed by atoms with Crippen LogP contribution in [0.3, 0.4) is 0 Å². The Balaban J connectivity index is 1.58. The number of rotatable bonds is 5. The van der Waals surface area contributed by atoms with E-state index in [2.05, 4.69) is 22.5 Å². The van der Waals surface area contributed by atoms with Gasteiger partial charge in [-0.3, -0.25) is 9.48 Å². The number of amides is 1. The minimum Gasteiger partial charge on any atom is -0.464 e. The Kier molecular flexibility index (Phi) is 4.34. The maximum atomic E-state index is 12.3. The fourth-order valence-corrected chi connectivity index (χ4v) is 3.53. The second kappa shape index (κ2) is 6.42. The van der Waals surface area contributed by atoms with Gasteiger partial charge in [0.15, 0.2) is 0 Å². The molecule has 1 amide bonds. The molecule has 0 saturated carbocycles. The Morgan fingerprint density at radius 1 is 1.35 bits per heavy atom. The van der Waals surface area contributed by atoms with Crippen molar-refractivity contribution in [3.05, 3.63) is 52.4 Å². The summed E-state index contributed by atoms with van der Waals surface area (Å²) in [4.78, 5) is 14.6. The predicted octanol–water partition coefficient (Wildman–Crippen LogP) is 3.33. The largest absolute Gasteiger partial charge is 0.464 e. The normalized spacial score (nSPS) is 10.9. The topological polar surface area (TPSA) is 60.1 Å². The van der Waals surface area contributed by atoms with Crippen molar-refractivity contribution < 1.29 is 9.21 Å². The SMILES string of the molecule is Cc1nn(C)c(C)c1C(=O)NCCc1ccc(-c2ccco2)s1. The summed E-state index contributed by atoms with van der Waals surface area (Å²) in [6.45, 7) is 4.37. The summed E-state index contributed by atoms with van der Waals surface area (Å²) in [5, 5.41) is 7.25. The van der Waals surface area contributed by atoms with E-state index in [9.17, 15) is 4.79 Å². The van der Waals surface area contributed by atoms with Gasteiger partial charge in [0.05, 0.1) is 22.4 Å². The molecule has 0 bridgehead atoms. The fraction of sp³-hybridized carbons (Fsp3) is 0.294. The Morgan fingerprint density at radius 3 is 2.83 bits per heavy atom. The zero-order chi connectivity index (χ0) is 16.4. The van der Waals surface area contributed by atoms with Crippen LogP contribution < -0.4 is 5.32 Å². The highest BCUT2D eigenvalue weighted by Crippen LogP contribution is 2.28. The van der Waals surface area contributed by atoms with E-state index in [-0.39, 0.29) is 5.91 Å². The van der Waals surface area contributed by atoms with E-state index in [1.165, 1.54) is 4.88 Å². The quantitative estimate of drug-likeness (QED) is 0.781. The summed E-state index contributed by atoms with van der Waals surface area (Å²) in [5.74, 6) is 0.822. The molecule has 120 valence electrons. The number of nitrogens with zero attached hydrogens (tertiary/aromatic N) is 2. The van der Waals surface area contributed by atoms with E-state index in [1.807, 2.05) is 33.0 Å². The molecule has 3 aromatic heterocycles. The lowest BCUT2D eigenvalue weighted by molar-refractivity contribution is 0.0953. The Morgan fingerprint density at radius 2 is 2.17 bits per heavy atom. The zero-order valence-corrected chi connectivity index (χ0v) is 14.2. The monoisotopic (exact) mass is 329 g/mol. The van der Waals surface area contributed by atoms with Crippen LogP contribution in [0.15, 0.2) is 34.9 Å². The first-order valence-electron chi connectivity index (χ1n) is 7.47. The molecule has 5 nitrogen and oxygen atoms in total. The molecule has 0 unspecified atom stereocenters. The molecule has 0 aliphatic heterocycles. The van der Waals surface area contributed by atoms with Gasteiger partial charge in [-0.1, -0.05) is 0 Å². The molecule has 0 atom stereocenters. The van der Waals surface area contributed by atoms with Crippen molar-refractivity contribution in [1.82, 2.24) is 15.1 Å². The number of carbonyl (C=O) groups is 1. The molecule has 3 heterocycles. The number of aryl methyl sites for hydroxylation is 2. The summed E-state index contributed by atoms with van der Waals surface area (Å²) >= 11 is 1.69. The van der Waals surface area contributed by atoms with Crippen LogP contribution in [-0.2, 0) is 13.5 Å². The van der Waals surface area contributed by atoms with E-state index in [0.29, 0.717) is 12.1 Å².